The smallest absolute Gasteiger partial charge is 0.244 e. The highest BCUT2D eigenvalue weighted by Gasteiger charge is 2.36. The SMILES string of the molecule is NC1(C(=O)Nc2cccnc2Cl)CCOCC1. The van der Waals surface area contributed by atoms with Gasteiger partial charge in [-0.25, -0.2) is 4.98 Å². The van der Waals surface area contributed by atoms with E-state index in [4.69, 9.17) is 22.1 Å². The fraction of sp³-hybridized carbons (Fsp3) is 0.455. The molecule has 2 heterocycles. The lowest BCUT2D eigenvalue weighted by Crippen LogP contribution is -2.54. The molecule has 0 aliphatic carbocycles. The molecule has 1 aliphatic rings. The minimum atomic E-state index is -0.878. The van der Waals surface area contributed by atoms with E-state index in [9.17, 15) is 4.79 Å². The second-order valence-electron chi connectivity index (χ2n) is 4.06. The molecule has 1 fully saturated rings. The van der Waals surface area contributed by atoms with Crippen molar-refractivity contribution in [1.29, 1.82) is 0 Å². The summed E-state index contributed by atoms with van der Waals surface area (Å²) in [4.78, 5) is 15.9. The zero-order chi connectivity index (χ0) is 12.3. The highest BCUT2D eigenvalue weighted by molar-refractivity contribution is 6.32. The van der Waals surface area contributed by atoms with Crippen LogP contribution in [0.15, 0.2) is 18.3 Å². The summed E-state index contributed by atoms with van der Waals surface area (Å²) >= 11 is 5.86. The van der Waals surface area contributed by atoms with Gasteiger partial charge < -0.3 is 15.8 Å². The summed E-state index contributed by atoms with van der Waals surface area (Å²) in [6.07, 6.45) is 2.58. The third kappa shape index (κ3) is 2.74. The van der Waals surface area contributed by atoms with Gasteiger partial charge >= 0.3 is 0 Å². The molecule has 17 heavy (non-hydrogen) atoms. The number of amides is 1. The fourth-order valence-electron chi connectivity index (χ4n) is 1.69. The van der Waals surface area contributed by atoms with Crippen LogP contribution in [0, 0.1) is 0 Å². The Morgan fingerprint density at radius 3 is 2.88 bits per heavy atom. The summed E-state index contributed by atoms with van der Waals surface area (Å²) < 4.78 is 5.19. The number of carbonyl (C=O) groups is 1. The van der Waals surface area contributed by atoms with Gasteiger partial charge in [-0.3, -0.25) is 4.79 Å². The maximum atomic E-state index is 12.1. The lowest BCUT2D eigenvalue weighted by atomic mass is 9.90. The van der Waals surface area contributed by atoms with Crippen molar-refractivity contribution < 1.29 is 9.53 Å². The van der Waals surface area contributed by atoms with E-state index in [0.29, 0.717) is 31.7 Å². The van der Waals surface area contributed by atoms with Gasteiger partial charge in [-0.2, -0.15) is 0 Å². The van der Waals surface area contributed by atoms with Gasteiger partial charge in [0.15, 0.2) is 5.15 Å². The zero-order valence-corrected chi connectivity index (χ0v) is 10.0. The van der Waals surface area contributed by atoms with Gasteiger partial charge in [0.05, 0.1) is 5.69 Å². The number of hydrogen-bond acceptors (Lipinski definition) is 4. The highest BCUT2D eigenvalue weighted by atomic mass is 35.5. The topological polar surface area (TPSA) is 77.2 Å². The van der Waals surface area contributed by atoms with Gasteiger partial charge in [0.1, 0.15) is 5.54 Å². The van der Waals surface area contributed by atoms with Crippen molar-refractivity contribution >= 4 is 23.2 Å². The molecule has 1 aromatic rings. The van der Waals surface area contributed by atoms with E-state index in [1.54, 1.807) is 18.3 Å². The van der Waals surface area contributed by atoms with E-state index in [1.807, 2.05) is 0 Å². The number of pyridine rings is 1. The molecule has 3 N–H and O–H groups in total. The van der Waals surface area contributed by atoms with E-state index in [0.717, 1.165) is 0 Å². The van der Waals surface area contributed by atoms with Crippen molar-refractivity contribution in [2.75, 3.05) is 18.5 Å². The largest absolute Gasteiger partial charge is 0.381 e. The molecule has 0 aromatic carbocycles. The Hall–Kier alpha value is -1.17. The minimum Gasteiger partial charge on any atom is -0.381 e. The van der Waals surface area contributed by atoms with E-state index >= 15 is 0 Å². The Kier molecular flexibility index (Phi) is 3.61. The molecular formula is C11H14ClN3O2. The average molecular weight is 256 g/mol. The Morgan fingerprint density at radius 1 is 1.53 bits per heavy atom. The molecule has 1 saturated heterocycles. The molecule has 0 bridgehead atoms. The summed E-state index contributed by atoms with van der Waals surface area (Å²) in [5.41, 5.74) is 5.65. The maximum absolute atomic E-state index is 12.1. The quantitative estimate of drug-likeness (QED) is 0.778. The van der Waals surface area contributed by atoms with Crippen LogP contribution in [-0.2, 0) is 9.53 Å². The molecule has 0 radical (unpaired) electrons. The summed E-state index contributed by atoms with van der Waals surface area (Å²) in [5.74, 6) is -0.240. The van der Waals surface area contributed by atoms with E-state index < -0.39 is 5.54 Å². The predicted molar refractivity (Wildman–Crippen MR) is 64.8 cm³/mol. The third-order valence-corrected chi connectivity index (χ3v) is 3.15. The van der Waals surface area contributed by atoms with Gasteiger partial charge in [-0.1, -0.05) is 11.6 Å². The van der Waals surface area contributed by atoms with E-state index in [1.165, 1.54) is 0 Å². The van der Waals surface area contributed by atoms with Gasteiger partial charge in [-0.05, 0) is 25.0 Å². The summed E-state index contributed by atoms with van der Waals surface area (Å²) in [7, 11) is 0. The molecule has 0 atom stereocenters. The predicted octanol–water partition coefficient (Wildman–Crippen LogP) is 1.18. The van der Waals surface area contributed by atoms with Crippen molar-refractivity contribution in [1.82, 2.24) is 4.98 Å². The van der Waals surface area contributed by atoms with Crippen molar-refractivity contribution in [2.45, 2.75) is 18.4 Å². The van der Waals surface area contributed by atoms with Crippen molar-refractivity contribution in [3.05, 3.63) is 23.5 Å². The minimum absolute atomic E-state index is 0.240. The van der Waals surface area contributed by atoms with Crippen molar-refractivity contribution in [3.63, 3.8) is 0 Å². The molecule has 1 amide bonds. The van der Waals surface area contributed by atoms with Crippen LogP contribution < -0.4 is 11.1 Å². The van der Waals surface area contributed by atoms with Crippen LogP contribution in [-0.4, -0.2) is 29.6 Å². The molecule has 0 saturated carbocycles. The van der Waals surface area contributed by atoms with E-state index in [2.05, 4.69) is 10.3 Å². The first-order valence-corrected chi connectivity index (χ1v) is 5.78. The molecule has 0 spiro atoms. The molecule has 1 aliphatic heterocycles. The molecule has 5 nitrogen and oxygen atoms in total. The average Bonchev–Trinajstić information content (AvgIpc) is 2.33. The van der Waals surface area contributed by atoms with Gasteiger partial charge in [-0.15, -0.1) is 0 Å². The van der Waals surface area contributed by atoms with Crippen LogP contribution in [0.2, 0.25) is 5.15 Å². The summed E-state index contributed by atoms with van der Waals surface area (Å²) in [5, 5.41) is 2.97. The molecule has 92 valence electrons. The number of anilines is 1. The zero-order valence-electron chi connectivity index (χ0n) is 9.28. The number of rotatable bonds is 2. The van der Waals surface area contributed by atoms with Crippen molar-refractivity contribution in [3.8, 4) is 0 Å². The normalized spacial score (nSPS) is 18.7. The monoisotopic (exact) mass is 255 g/mol. The second kappa shape index (κ2) is 5.00. The lowest BCUT2D eigenvalue weighted by Gasteiger charge is -2.31. The third-order valence-electron chi connectivity index (χ3n) is 2.84. The van der Waals surface area contributed by atoms with Gasteiger partial charge in [0, 0.05) is 19.4 Å². The molecule has 2 rings (SSSR count). The van der Waals surface area contributed by atoms with Crippen LogP contribution in [0.5, 0.6) is 0 Å². The second-order valence-corrected chi connectivity index (χ2v) is 4.42. The van der Waals surface area contributed by atoms with Crippen molar-refractivity contribution in [2.24, 2.45) is 5.73 Å². The van der Waals surface area contributed by atoms with Crippen LogP contribution in [0.3, 0.4) is 0 Å². The first-order valence-electron chi connectivity index (χ1n) is 5.40. The van der Waals surface area contributed by atoms with Crippen LogP contribution in [0.25, 0.3) is 0 Å². The fourth-order valence-corrected chi connectivity index (χ4v) is 1.86. The Balaban J connectivity index is 2.08. The number of hydrogen-bond donors (Lipinski definition) is 2. The number of nitrogens with zero attached hydrogens (tertiary/aromatic N) is 1. The van der Waals surface area contributed by atoms with Crippen LogP contribution in [0.1, 0.15) is 12.8 Å². The lowest BCUT2D eigenvalue weighted by molar-refractivity contribution is -0.124. The molecule has 6 heteroatoms. The summed E-state index contributed by atoms with van der Waals surface area (Å²) in [6.45, 7) is 1.01. The first kappa shape index (κ1) is 12.3. The number of nitrogens with two attached hydrogens (primary N) is 1. The number of halogens is 1. The van der Waals surface area contributed by atoms with E-state index in [-0.39, 0.29) is 11.1 Å². The number of aromatic nitrogens is 1. The highest BCUT2D eigenvalue weighted by Crippen LogP contribution is 2.23. The number of carbonyl (C=O) groups excluding carboxylic acids is 1. The van der Waals surface area contributed by atoms with Crippen LogP contribution >= 0.6 is 11.6 Å². The summed E-state index contributed by atoms with van der Waals surface area (Å²) in [6, 6.07) is 3.39. The Morgan fingerprint density at radius 2 is 2.24 bits per heavy atom. The Bertz CT molecular complexity index is 419. The van der Waals surface area contributed by atoms with Crippen LogP contribution in [0.4, 0.5) is 5.69 Å². The maximum Gasteiger partial charge on any atom is 0.244 e. The molecule has 0 unspecified atom stereocenters. The first-order chi connectivity index (χ1) is 8.12. The van der Waals surface area contributed by atoms with Gasteiger partial charge in [0.25, 0.3) is 0 Å². The number of ether oxygens (including phenoxy) is 1. The molecular weight excluding hydrogens is 242 g/mol. The Labute approximate surface area is 104 Å². The number of nitrogens with one attached hydrogen (secondary N) is 1. The van der Waals surface area contributed by atoms with Gasteiger partial charge in [0.2, 0.25) is 5.91 Å². The molecule has 1 aromatic heterocycles. The standard InChI is InChI=1S/C11H14ClN3O2/c12-9-8(2-1-5-14-9)15-10(16)11(13)3-6-17-7-4-11/h1-2,5H,3-4,6-7,13H2,(H,15,16).